The molecule has 4 rings (SSSR count). The molecule has 10 heteroatoms. The summed E-state index contributed by atoms with van der Waals surface area (Å²) in [4.78, 5) is 25.9. The molecule has 2 N–H and O–H groups in total. The van der Waals surface area contributed by atoms with Crippen LogP contribution in [-0.4, -0.2) is 35.5 Å². The number of nitrogens with one attached hydrogen (secondary N) is 2. The zero-order valence-corrected chi connectivity index (χ0v) is 18.1. The lowest BCUT2D eigenvalue weighted by Gasteiger charge is -2.14. The summed E-state index contributed by atoms with van der Waals surface area (Å²) < 4.78 is 4.70. The second kappa shape index (κ2) is 8.75. The van der Waals surface area contributed by atoms with Crippen LogP contribution in [0.4, 0.5) is 11.5 Å². The van der Waals surface area contributed by atoms with Gasteiger partial charge in [-0.3, -0.25) is 13.9 Å². The summed E-state index contributed by atoms with van der Waals surface area (Å²) >= 11 is 0. The molecule has 0 saturated carbocycles. The first-order valence-corrected chi connectivity index (χ1v) is 10.7. The molecule has 31 heavy (non-hydrogen) atoms. The van der Waals surface area contributed by atoms with Crippen LogP contribution in [0, 0.1) is 6.92 Å². The summed E-state index contributed by atoms with van der Waals surface area (Å²) in [5.41, 5.74) is 2.22. The lowest BCUT2D eigenvalue weighted by Crippen LogP contribution is -2.40. The van der Waals surface area contributed by atoms with Gasteiger partial charge in [-0.1, -0.05) is 36.8 Å². The fraction of sp³-hybridized carbons (Fsp3) is 0.476. The highest BCUT2D eigenvalue weighted by Gasteiger charge is 2.25. The second-order valence-electron chi connectivity index (χ2n) is 7.96. The highest BCUT2D eigenvalue weighted by Crippen LogP contribution is 2.23. The van der Waals surface area contributed by atoms with Gasteiger partial charge in [0.05, 0.1) is 6.17 Å². The fourth-order valence-corrected chi connectivity index (χ4v) is 3.86. The Morgan fingerprint density at radius 1 is 1.03 bits per heavy atom. The van der Waals surface area contributed by atoms with E-state index in [1.165, 1.54) is 10.1 Å². The van der Waals surface area contributed by atoms with Crippen LogP contribution in [0.25, 0.3) is 0 Å². The Bertz CT molecular complexity index is 1180. The Morgan fingerprint density at radius 2 is 1.81 bits per heavy atom. The number of nitrogens with zero attached hydrogens (tertiary/aromatic N) is 6. The largest absolute Gasteiger partial charge is 0.358 e. The number of fused-ring (bicyclic) bond motifs is 1. The van der Waals surface area contributed by atoms with Gasteiger partial charge in [-0.05, 0) is 42.7 Å². The van der Waals surface area contributed by atoms with Crippen LogP contribution in [0.15, 0.2) is 33.9 Å². The molecule has 2 aromatic heterocycles. The van der Waals surface area contributed by atoms with Crippen molar-refractivity contribution in [2.24, 2.45) is 0 Å². The van der Waals surface area contributed by atoms with E-state index >= 15 is 0 Å². The first kappa shape index (κ1) is 20.8. The predicted octanol–water partition coefficient (Wildman–Crippen LogP) is 1.58. The van der Waals surface area contributed by atoms with E-state index in [0.717, 1.165) is 17.8 Å². The molecule has 0 bridgehead atoms. The minimum Gasteiger partial charge on any atom is -0.358 e. The molecule has 1 unspecified atom stereocenters. The zero-order valence-electron chi connectivity index (χ0n) is 18.1. The molecule has 3 aromatic rings. The van der Waals surface area contributed by atoms with Gasteiger partial charge in [0.15, 0.2) is 5.82 Å². The van der Waals surface area contributed by atoms with E-state index in [9.17, 15) is 9.59 Å². The monoisotopic (exact) mass is 424 g/mol. The summed E-state index contributed by atoms with van der Waals surface area (Å²) in [6, 6.07) is 8.26. The van der Waals surface area contributed by atoms with Gasteiger partial charge < -0.3 is 10.6 Å². The van der Waals surface area contributed by atoms with Crippen LogP contribution in [0.5, 0.6) is 0 Å². The fourth-order valence-electron chi connectivity index (χ4n) is 3.86. The number of hydrogen-bond acceptors (Lipinski definition) is 7. The van der Waals surface area contributed by atoms with E-state index in [2.05, 4.69) is 57.3 Å². The van der Waals surface area contributed by atoms with E-state index in [1.807, 2.05) is 13.8 Å². The zero-order chi connectivity index (χ0) is 22.0. The summed E-state index contributed by atoms with van der Waals surface area (Å²) in [6.07, 6.45) is 1.90. The SMILES string of the molecule is CCCn1c2c(c(=O)n(CCCn3nnnc3Cc3ccc(C)cc3)c1=O)NC(C)N2. The first-order valence-electron chi connectivity index (χ1n) is 10.7. The molecule has 3 heterocycles. The van der Waals surface area contributed by atoms with E-state index in [-0.39, 0.29) is 17.4 Å². The molecular formula is C21H28N8O2. The Balaban J connectivity index is 1.50. The summed E-state index contributed by atoms with van der Waals surface area (Å²) in [5, 5.41) is 18.3. The minimum atomic E-state index is -0.291. The minimum absolute atomic E-state index is 0.0911. The van der Waals surface area contributed by atoms with Gasteiger partial charge in [0.1, 0.15) is 11.5 Å². The number of anilines is 2. The number of benzene rings is 1. The van der Waals surface area contributed by atoms with Gasteiger partial charge in [0, 0.05) is 26.1 Å². The van der Waals surface area contributed by atoms with Crippen molar-refractivity contribution in [3.05, 3.63) is 62.1 Å². The van der Waals surface area contributed by atoms with Crippen LogP contribution in [0.1, 0.15) is 43.6 Å². The first-order chi connectivity index (χ1) is 15.0. The summed E-state index contributed by atoms with van der Waals surface area (Å²) in [7, 11) is 0. The molecule has 0 saturated heterocycles. The molecule has 1 atom stereocenters. The molecule has 0 fully saturated rings. The van der Waals surface area contributed by atoms with Gasteiger partial charge in [0.2, 0.25) is 0 Å². The van der Waals surface area contributed by atoms with E-state index in [0.29, 0.717) is 44.0 Å². The maximum Gasteiger partial charge on any atom is 0.332 e. The van der Waals surface area contributed by atoms with Crippen molar-refractivity contribution >= 4 is 11.5 Å². The van der Waals surface area contributed by atoms with Gasteiger partial charge in [-0.15, -0.1) is 5.10 Å². The van der Waals surface area contributed by atoms with Crippen molar-refractivity contribution in [3.8, 4) is 0 Å². The van der Waals surface area contributed by atoms with Crippen LogP contribution in [-0.2, 0) is 26.1 Å². The number of aryl methyl sites for hydroxylation is 2. The lowest BCUT2D eigenvalue weighted by atomic mass is 10.1. The highest BCUT2D eigenvalue weighted by molar-refractivity contribution is 5.69. The summed E-state index contributed by atoms with van der Waals surface area (Å²) in [5.74, 6) is 1.34. The highest BCUT2D eigenvalue weighted by atomic mass is 16.2. The topological polar surface area (TPSA) is 112 Å². The van der Waals surface area contributed by atoms with Crippen LogP contribution in [0.2, 0.25) is 0 Å². The number of rotatable bonds is 8. The number of tetrazole rings is 1. The lowest BCUT2D eigenvalue weighted by molar-refractivity contribution is 0.475. The van der Waals surface area contributed by atoms with E-state index in [1.54, 1.807) is 9.25 Å². The molecule has 0 amide bonds. The Morgan fingerprint density at radius 3 is 2.55 bits per heavy atom. The van der Waals surface area contributed by atoms with Crippen molar-refractivity contribution in [1.82, 2.24) is 29.3 Å². The average Bonchev–Trinajstić information content (AvgIpc) is 3.36. The molecule has 1 aliphatic rings. The van der Waals surface area contributed by atoms with E-state index in [4.69, 9.17) is 0 Å². The molecule has 1 aromatic carbocycles. The van der Waals surface area contributed by atoms with E-state index < -0.39 is 0 Å². The van der Waals surface area contributed by atoms with Crippen molar-refractivity contribution in [3.63, 3.8) is 0 Å². The van der Waals surface area contributed by atoms with Crippen LogP contribution in [0.3, 0.4) is 0 Å². The Hall–Kier alpha value is -3.43. The normalized spacial score (nSPS) is 14.9. The van der Waals surface area contributed by atoms with Gasteiger partial charge >= 0.3 is 5.69 Å². The second-order valence-corrected chi connectivity index (χ2v) is 7.96. The number of hydrogen-bond donors (Lipinski definition) is 2. The van der Waals surface area contributed by atoms with Crippen molar-refractivity contribution < 1.29 is 0 Å². The molecule has 0 radical (unpaired) electrons. The van der Waals surface area contributed by atoms with Crippen LogP contribution < -0.4 is 21.9 Å². The summed E-state index contributed by atoms with van der Waals surface area (Å²) in [6.45, 7) is 7.35. The number of aromatic nitrogens is 6. The molecule has 0 aliphatic carbocycles. The van der Waals surface area contributed by atoms with Crippen molar-refractivity contribution in [2.75, 3.05) is 10.6 Å². The van der Waals surface area contributed by atoms with Gasteiger partial charge in [-0.25, -0.2) is 9.48 Å². The quantitative estimate of drug-likeness (QED) is 0.565. The molecule has 1 aliphatic heterocycles. The predicted molar refractivity (Wildman–Crippen MR) is 118 cm³/mol. The molecule has 0 spiro atoms. The van der Waals surface area contributed by atoms with Crippen molar-refractivity contribution in [2.45, 2.75) is 65.8 Å². The standard InChI is InChI=1S/C21H28N8O2/c1-4-10-27-19-18(22-15(3)23-19)20(30)28(21(27)31)11-5-12-29-17(24-25-26-29)13-16-8-6-14(2)7-9-16/h6-9,15,22-23H,4-5,10-13H2,1-3H3. The molecule has 164 valence electrons. The smallest absolute Gasteiger partial charge is 0.332 e. The molecular weight excluding hydrogens is 396 g/mol. The van der Waals surface area contributed by atoms with Gasteiger partial charge in [0.25, 0.3) is 5.56 Å². The van der Waals surface area contributed by atoms with Crippen LogP contribution >= 0.6 is 0 Å². The molecule has 10 nitrogen and oxygen atoms in total. The Kier molecular flexibility index (Phi) is 5.88. The maximum absolute atomic E-state index is 13.0. The Labute approximate surface area is 179 Å². The third-order valence-electron chi connectivity index (χ3n) is 5.43. The third-order valence-corrected chi connectivity index (χ3v) is 5.43. The average molecular weight is 425 g/mol. The third kappa shape index (κ3) is 4.23. The van der Waals surface area contributed by atoms with Crippen molar-refractivity contribution in [1.29, 1.82) is 0 Å². The maximum atomic E-state index is 13.0. The van der Waals surface area contributed by atoms with Gasteiger partial charge in [-0.2, -0.15) is 0 Å².